The first kappa shape index (κ1) is 14.9. The Balaban J connectivity index is 2.16. The number of aromatic nitrogens is 3. The first-order chi connectivity index (χ1) is 10.3. The van der Waals surface area contributed by atoms with Crippen LogP contribution >= 0.6 is 11.6 Å². The first-order valence-corrected chi connectivity index (χ1v) is 7.50. The summed E-state index contributed by atoms with van der Waals surface area (Å²) in [4.78, 5) is 1.45. The van der Waals surface area contributed by atoms with Crippen LogP contribution in [0.25, 0.3) is 16.7 Å². The summed E-state index contributed by atoms with van der Waals surface area (Å²) in [7, 11) is 0. The molecule has 0 unspecified atom stereocenters. The average Bonchev–Trinajstić information content (AvgIpc) is 2.82. The van der Waals surface area contributed by atoms with E-state index in [1.165, 1.54) is 4.80 Å². The van der Waals surface area contributed by atoms with E-state index >= 15 is 0 Å². The molecule has 0 aliphatic heterocycles. The van der Waals surface area contributed by atoms with Crippen LogP contribution in [0.5, 0.6) is 5.75 Å². The molecule has 5 heteroatoms. The van der Waals surface area contributed by atoms with Gasteiger partial charge in [-0.15, -0.1) is 15.0 Å². The van der Waals surface area contributed by atoms with E-state index in [0.717, 1.165) is 16.6 Å². The molecule has 1 heterocycles. The molecular formula is C17H18ClN3O. The SMILES string of the molecule is Cc1cc(-n2nc3ccc(Cl)cc3n2)c(O)cc1C(C)(C)C. The van der Waals surface area contributed by atoms with Crippen LogP contribution in [0.4, 0.5) is 0 Å². The topological polar surface area (TPSA) is 50.9 Å². The quantitative estimate of drug-likeness (QED) is 0.724. The van der Waals surface area contributed by atoms with E-state index in [2.05, 4.69) is 31.0 Å². The lowest BCUT2D eigenvalue weighted by Crippen LogP contribution is -2.13. The fourth-order valence-corrected chi connectivity index (χ4v) is 2.81. The number of aryl methyl sites for hydroxylation is 1. The van der Waals surface area contributed by atoms with E-state index in [4.69, 9.17) is 11.6 Å². The van der Waals surface area contributed by atoms with Gasteiger partial charge in [0.1, 0.15) is 22.5 Å². The third-order valence-electron chi connectivity index (χ3n) is 3.69. The predicted octanol–water partition coefficient (Wildman–Crippen LogP) is 4.39. The molecule has 0 radical (unpaired) electrons. The zero-order chi connectivity index (χ0) is 16.1. The molecule has 0 spiro atoms. The number of nitrogens with zero attached hydrogens (tertiary/aromatic N) is 3. The molecule has 1 aromatic heterocycles. The summed E-state index contributed by atoms with van der Waals surface area (Å²) >= 11 is 5.97. The van der Waals surface area contributed by atoms with Crippen LogP contribution in [0.1, 0.15) is 31.9 Å². The van der Waals surface area contributed by atoms with Crippen LogP contribution < -0.4 is 0 Å². The van der Waals surface area contributed by atoms with Gasteiger partial charge in [0.05, 0.1) is 0 Å². The van der Waals surface area contributed by atoms with E-state index in [9.17, 15) is 5.11 Å². The zero-order valence-corrected chi connectivity index (χ0v) is 13.8. The van der Waals surface area contributed by atoms with Crippen LogP contribution in [0.3, 0.4) is 0 Å². The second kappa shape index (κ2) is 4.99. The third kappa shape index (κ3) is 2.55. The fourth-order valence-electron chi connectivity index (χ4n) is 2.64. The molecule has 0 bridgehead atoms. The third-order valence-corrected chi connectivity index (χ3v) is 3.92. The number of rotatable bonds is 1. The molecule has 0 amide bonds. The van der Waals surface area contributed by atoms with E-state index in [1.807, 2.05) is 19.1 Å². The van der Waals surface area contributed by atoms with Crippen molar-refractivity contribution < 1.29 is 5.11 Å². The standard InChI is InChI=1S/C17H18ClN3O/c1-10-7-15(16(22)9-12(10)17(2,3)4)21-19-13-6-5-11(18)8-14(13)20-21/h5-9,22H,1-4H3. The smallest absolute Gasteiger partial charge is 0.143 e. The maximum absolute atomic E-state index is 10.4. The second-order valence-electron chi connectivity index (χ2n) is 6.53. The molecular weight excluding hydrogens is 298 g/mol. The van der Waals surface area contributed by atoms with Crippen molar-refractivity contribution in [3.8, 4) is 11.4 Å². The Hall–Kier alpha value is -2.07. The fraction of sp³-hybridized carbons (Fsp3) is 0.294. The highest BCUT2D eigenvalue weighted by atomic mass is 35.5. The molecule has 0 atom stereocenters. The lowest BCUT2D eigenvalue weighted by Gasteiger charge is -2.22. The molecule has 0 saturated carbocycles. The van der Waals surface area contributed by atoms with E-state index in [0.29, 0.717) is 16.2 Å². The number of phenols is 1. The van der Waals surface area contributed by atoms with Gasteiger partial charge in [0.15, 0.2) is 0 Å². The Morgan fingerprint density at radius 2 is 1.73 bits per heavy atom. The van der Waals surface area contributed by atoms with E-state index in [-0.39, 0.29) is 11.2 Å². The van der Waals surface area contributed by atoms with Crippen LogP contribution in [0, 0.1) is 6.92 Å². The summed E-state index contributed by atoms with van der Waals surface area (Å²) in [5.41, 5.74) is 4.17. The normalized spacial score (nSPS) is 12.0. The second-order valence-corrected chi connectivity index (χ2v) is 6.96. The van der Waals surface area contributed by atoms with Crippen LogP contribution in [0.15, 0.2) is 30.3 Å². The lowest BCUT2D eigenvalue weighted by atomic mass is 9.84. The molecule has 0 aliphatic rings. The van der Waals surface area contributed by atoms with Crippen LogP contribution in [-0.4, -0.2) is 20.1 Å². The van der Waals surface area contributed by atoms with Crippen molar-refractivity contribution in [1.29, 1.82) is 0 Å². The van der Waals surface area contributed by atoms with Crippen molar-refractivity contribution >= 4 is 22.6 Å². The van der Waals surface area contributed by atoms with Gasteiger partial charge in [0, 0.05) is 5.02 Å². The number of benzene rings is 2. The van der Waals surface area contributed by atoms with Crippen molar-refractivity contribution in [3.63, 3.8) is 0 Å². The van der Waals surface area contributed by atoms with Gasteiger partial charge in [-0.3, -0.25) is 0 Å². The highest BCUT2D eigenvalue weighted by Gasteiger charge is 2.20. The number of phenolic OH excluding ortho intramolecular Hbond substituents is 1. The number of halogens is 1. The van der Waals surface area contributed by atoms with Crippen molar-refractivity contribution in [1.82, 2.24) is 15.0 Å². The zero-order valence-electron chi connectivity index (χ0n) is 13.1. The van der Waals surface area contributed by atoms with Gasteiger partial charge in [-0.2, -0.15) is 0 Å². The first-order valence-electron chi connectivity index (χ1n) is 7.13. The Labute approximate surface area is 134 Å². The molecule has 3 rings (SSSR count). The van der Waals surface area contributed by atoms with Gasteiger partial charge in [-0.05, 0) is 53.8 Å². The Kier molecular flexibility index (Phi) is 3.37. The van der Waals surface area contributed by atoms with Crippen LogP contribution in [0.2, 0.25) is 5.02 Å². The summed E-state index contributed by atoms with van der Waals surface area (Å²) in [5.74, 6) is 0.168. The molecule has 0 saturated heterocycles. The molecule has 1 N–H and O–H groups in total. The predicted molar refractivity (Wildman–Crippen MR) is 89.0 cm³/mol. The van der Waals surface area contributed by atoms with Gasteiger partial charge in [-0.1, -0.05) is 32.4 Å². The van der Waals surface area contributed by atoms with E-state index in [1.54, 1.807) is 18.2 Å². The Bertz CT molecular complexity index is 862. The minimum atomic E-state index is -0.0319. The molecule has 22 heavy (non-hydrogen) atoms. The molecule has 0 fully saturated rings. The molecule has 0 aliphatic carbocycles. The largest absolute Gasteiger partial charge is 0.506 e. The van der Waals surface area contributed by atoms with Crippen LogP contribution in [-0.2, 0) is 5.41 Å². The van der Waals surface area contributed by atoms with E-state index < -0.39 is 0 Å². The van der Waals surface area contributed by atoms with Gasteiger partial charge < -0.3 is 5.11 Å². The highest BCUT2D eigenvalue weighted by Crippen LogP contribution is 2.33. The monoisotopic (exact) mass is 315 g/mol. The summed E-state index contributed by atoms with van der Waals surface area (Å²) in [6.45, 7) is 8.40. The van der Waals surface area contributed by atoms with Gasteiger partial charge in [-0.25, -0.2) is 0 Å². The number of fused-ring (bicyclic) bond motifs is 1. The average molecular weight is 316 g/mol. The Morgan fingerprint density at radius 1 is 1.05 bits per heavy atom. The van der Waals surface area contributed by atoms with Gasteiger partial charge >= 0.3 is 0 Å². The molecule has 4 nitrogen and oxygen atoms in total. The summed E-state index contributed by atoms with van der Waals surface area (Å²) in [6, 6.07) is 9.06. The minimum absolute atomic E-state index is 0.0319. The summed E-state index contributed by atoms with van der Waals surface area (Å²) in [5, 5.41) is 19.8. The summed E-state index contributed by atoms with van der Waals surface area (Å²) < 4.78 is 0. The summed E-state index contributed by atoms with van der Waals surface area (Å²) in [6.07, 6.45) is 0. The number of aromatic hydroxyl groups is 1. The van der Waals surface area contributed by atoms with Gasteiger partial charge in [0.2, 0.25) is 0 Å². The van der Waals surface area contributed by atoms with Crippen molar-refractivity contribution in [2.75, 3.05) is 0 Å². The van der Waals surface area contributed by atoms with Crippen molar-refractivity contribution in [3.05, 3.63) is 46.5 Å². The minimum Gasteiger partial charge on any atom is -0.506 e. The number of hydrogen-bond donors (Lipinski definition) is 1. The van der Waals surface area contributed by atoms with Gasteiger partial charge in [0.25, 0.3) is 0 Å². The highest BCUT2D eigenvalue weighted by molar-refractivity contribution is 6.31. The maximum Gasteiger partial charge on any atom is 0.143 e. The van der Waals surface area contributed by atoms with Crippen molar-refractivity contribution in [2.45, 2.75) is 33.1 Å². The molecule has 3 aromatic rings. The molecule has 114 valence electrons. The Morgan fingerprint density at radius 3 is 2.41 bits per heavy atom. The molecule has 2 aromatic carbocycles. The maximum atomic E-state index is 10.4. The lowest BCUT2D eigenvalue weighted by molar-refractivity contribution is 0.463. The van der Waals surface area contributed by atoms with Crippen molar-refractivity contribution in [2.24, 2.45) is 0 Å². The number of hydrogen-bond acceptors (Lipinski definition) is 3.